The molecule has 0 atom stereocenters. The summed E-state index contributed by atoms with van der Waals surface area (Å²) in [4.78, 5) is 25.4. The van der Waals surface area contributed by atoms with E-state index in [-0.39, 0.29) is 41.0 Å². The van der Waals surface area contributed by atoms with Crippen LogP contribution in [0.1, 0.15) is 32.1 Å². The molecule has 1 aromatic heterocycles. The highest BCUT2D eigenvalue weighted by Crippen LogP contribution is 2.25. The number of ether oxygens (including phenoxy) is 2. The molecule has 8 nitrogen and oxygen atoms in total. The highest BCUT2D eigenvalue weighted by molar-refractivity contribution is 6.26. The molecule has 0 radical (unpaired) electrons. The third-order valence-electron chi connectivity index (χ3n) is 3.99. The van der Waals surface area contributed by atoms with Crippen LogP contribution in [0.5, 0.6) is 5.75 Å². The summed E-state index contributed by atoms with van der Waals surface area (Å²) in [6.45, 7) is -0.407. The molecule has 1 heterocycles. The number of carbonyl (C=O) groups is 2. The fourth-order valence-corrected chi connectivity index (χ4v) is 2.77. The lowest BCUT2D eigenvalue weighted by Gasteiger charge is -2.12. The van der Waals surface area contributed by atoms with E-state index in [0.717, 1.165) is 4.68 Å². The number of rotatable bonds is 5. The van der Waals surface area contributed by atoms with Gasteiger partial charge in [-0.05, 0) is 12.1 Å². The average Bonchev–Trinajstić information content (AvgIpc) is 3.01. The topological polar surface area (TPSA) is 97.4 Å². The first-order chi connectivity index (χ1) is 12.7. The van der Waals surface area contributed by atoms with Crippen LogP contribution < -0.4 is 9.70 Å². The summed E-state index contributed by atoms with van der Waals surface area (Å²) in [5.74, 6) is -0.292. The van der Waals surface area contributed by atoms with E-state index in [1.165, 1.54) is 6.07 Å². The lowest BCUT2D eigenvalue weighted by Crippen LogP contribution is -2.42. The fourth-order valence-electron chi connectivity index (χ4n) is 2.77. The van der Waals surface area contributed by atoms with E-state index in [0.29, 0.717) is 5.75 Å². The van der Waals surface area contributed by atoms with Gasteiger partial charge in [-0.15, -0.1) is 0 Å². The molecule has 0 amide bonds. The van der Waals surface area contributed by atoms with Crippen molar-refractivity contribution in [1.82, 2.24) is 9.78 Å². The van der Waals surface area contributed by atoms with Gasteiger partial charge in [0, 0.05) is 21.2 Å². The second-order valence-electron chi connectivity index (χ2n) is 5.56. The summed E-state index contributed by atoms with van der Waals surface area (Å²) in [6, 6.07) is 15.4. The third kappa shape index (κ3) is 2.62. The SMILES string of the molecule is O=C1c2ccccc2C(=O)c2c1n[n+]([O-])n2COCOc1ccccc1. The van der Waals surface area contributed by atoms with Gasteiger partial charge in [0.15, 0.2) is 19.2 Å². The number of aromatic nitrogens is 3. The van der Waals surface area contributed by atoms with Crippen molar-refractivity contribution in [2.45, 2.75) is 6.73 Å². The van der Waals surface area contributed by atoms with Gasteiger partial charge in [-0.25, -0.2) is 0 Å². The van der Waals surface area contributed by atoms with Gasteiger partial charge >= 0.3 is 0 Å². The van der Waals surface area contributed by atoms with Crippen LogP contribution in [0.4, 0.5) is 0 Å². The summed E-state index contributed by atoms with van der Waals surface area (Å²) in [5.41, 5.74) is 0.232. The van der Waals surface area contributed by atoms with Crippen LogP contribution in [0.3, 0.4) is 0 Å². The summed E-state index contributed by atoms with van der Waals surface area (Å²) in [6.07, 6.45) is 0. The first-order valence-electron chi connectivity index (χ1n) is 7.81. The molecule has 3 aromatic rings. The second-order valence-corrected chi connectivity index (χ2v) is 5.56. The fraction of sp³-hybridized carbons (Fsp3) is 0.111. The zero-order chi connectivity index (χ0) is 18.1. The monoisotopic (exact) mass is 351 g/mol. The van der Waals surface area contributed by atoms with E-state index < -0.39 is 11.6 Å². The predicted molar refractivity (Wildman–Crippen MR) is 87.5 cm³/mol. The molecular weight excluding hydrogens is 338 g/mol. The van der Waals surface area contributed by atoms with Gasteiger partial charge < -0.3 is 14.7 Å². The second kappa shape index (κ2) is 6.41. The van der Waals surface area contributed by atoms with Crippen LogP contribution in [0.15, 0.2) is 54.6 Å². The molecule has 0 fully saturated rings. The summed E-state index contributed by atoms with van der Waals surface area (Å²) in [7, 11) is 0. The largest absolute Gasteiger partial charge is 0.571 e. The summed E-state index contributed by atoms with van der Waals surface area (Å²) >= 11 is 0. The van der Waals surface area contributed by atoms with Gasteiger partial charge in [0.05, 0.1) is 0 Å². The maximum Gasteiger partial charge on any atom is 0.220 e. The molecule has 0 N–H and O–H groups in total. The molecule has 0 unspecified atom stereocenters. The highest BCUT2D eigenvalue weighted by atomic mass is 16.7. The minimum Gasteiger partial charge on any atom is -0.571 e. The maximum absolute atomic E-state index is 12.7. The molecule has 4 rings (SSSR count). The van der Waals surface area contributed by atoms with Crippen LogP contribution in [-0.4, -0.2) is 28.1 Å². The molecule has 130 valence electrons. The number of para-hydroxylation sites is 1. The Morgan fingerprint density at radius 3 is 2.35 bits per heavy atom. The molecule has 0 spiro atoms. The van der Waals surface area contributed by atoms with E-state index in [9.17, 15) is 14.8 Å². The van der Waals surface area contributed by atoms with Crippen molar-refractivity contribution < 1.29 is 24.0 Å². The zero-order valence-corrected chi connectivity index (χ0v) is 13.5. The first kappa shape index (κ1) is 16.0. The molecule has 0 saturated carbocycles. The molecular formula is C18H13N3O5. The Morgan fingerprint density at radius 1 is 0.962 bits per heavy atom. The van der Waals surface area contributed by atoms with Gasteiger partial charge in [-0.1, -0.05) is 47.1 Å². The Bertz CT molecular complexity index is 997. The van der Waals surface area contributed by atoms with Crippen molar-refractivity contribution in [1.29, 1.82) is 0 Å². The third-order valence-corrected chi connectivity index (χ3v) is 3.99. The smallest absolute Gasteiger partial charge is 0.220 e. The summed E-state index contributed by atoms with van der Waals surface area (Å²) in [5, 5.41) is 15.7. The van der Waals surface area contributed by atoms with Gasteiger partial charge in [-0.2, -0.15) is 0 Å². The molecule has 2 aromatic carbocycles. The van der Waals surface area contributed by atoms with Crippen molar-refractivity contribution in [2.24, 2.45) is 0 Å². The number of fused-ring (bicyclic) bond motifs is 2. The van der Waals surface area contributed by atoms with Crippen molar-refractivity contribution in [3.8, 4) is 5.75 Å². The molecule has 1 aliphatic rings. The molecule has 0 saturated heterocycles. The van der Waals surface area contributed by atoms with E-state index >= 15 is 0 Å². The van der Waals surface area contributed by atoms with Crippen LogP contribution in [-0.2, 0) is 11.5 Å². The normalized spacial score (nSPS) is 12.6. The molecule has 8 heteroatoms. The van der Waals surface area contributed by atoms with Crippen LogP contribution in [0, 0.1) is 5.21 Å². The molecule has 0 aliphatic heterocycles. The Hall–Kier alpha value is -3.52. The van der Waals surface area contributed by atoms with Crippen molar-refractivity contribution in [3.05, 3.63) is 82.3 Å². The Labute approximate surface area is 147 Å². The van der Waals surface area contributed by atoms with E-state index in [2.05, 4.69) is 5.10 Å². The van der Waals surface area contributed by atoms with E-state index in [4.69, 9.17) is 9.47 Å². The van der Waals surface area contributed by atoms with Gasteiger partial charge in [-0.3, -0.25) is 9.59 Å². The molecule has 0 bridgehead atoms. The van der Waals surface area contributed by atoms with Gasteiger partial charge in [0.25, 0.3) is 0 Å². The molecule has 1 aliphatic carbocycles. The maximum atomic E-state index is 12.7. The Balaban J connectivity index is 1.55. The van der Waals surface area contributed by atoms with Crippen molar-refractivity contribution in [2.75, 3.05) is 6.79 Å². The Kier molecular flexibility index (Phi) is 3.94. The number of nitrogens with zero attached hydrogens (tertiary/aromatic N) is 3. The van der Waals surface area contributed by atoms with E-state index in [1.54, 1.807) is 30.3 Å². The lowest BCUT2D eigenvalue weighted by molar-refractivity contribution is -0.753. The minimum absolute atomic E-state index is 0.0802. The zero-order valence-electron chi connectivity index (χ0n) is 13.5. The van der Waals surface area contributed by atoms with Gasteiger partial charge in [0.2, 0.25) is 17.3 Å². The number of hydrogen-bond acceptors (Lipinski definition) is 6. The van der Waals surface area contributed by atoms with Crippen LogP contribution in [0.25, 0.3) is 0 Å². The quantitative estimate of drug-likeness (QED) is 0.233. The van der Waals surface area contributed by atoms with Crippen molar-refractivity contribution >= 4 is 11.6 Å². The highest BCUT2D eigenvalue weighted by Gasteiger charge is 2.39. The summed E-state index contributed by atoms with van der Waals surface area (Å²) < 4.78 is 11.7. The lowest BCUT2D eigenvalue weighted by atomic mass is 9.90. The van der Waals surface area contributed by atoms with Crippen LogP contribution in [0.2, 0.25) is 0 Å². The predicted octanol–water partition coefficient (Wildman–Crippen LogP) is 1.30. The number of ketones is 2. The Morgan fingerprint density at radius 2 is 1.62 bits per heavy atom. The molecule has 26 heavy (non-hydrogen) atoms. The standard InChI is InChI=1S/C18H13N3O5/c22-17-13-8-4-5-9-14(13)18(23)16-15(17)19-21(24)20(16)10-25-11-26-12-6-2-1-3-7-12/h1-9H,10-11H2. The number of benzene rings is 2. The minimum atomic E-state index is -0.459. The van der Waals surface area contributed by atoms with Gasteiger partial charge in [0.1, 0.15) is 5.75 Å². The average molecular weight is 351 g/mol. The van der Waals surface area contributed by atoms with Crippen molar-refractivity contribution in [3.63, 3.8) is 0 Å². The van der Waals surface area contributed by atoms with E-state index in [1.807, 2.05) is 18.2 Å². The number of hydrogen-bond donors (Lipinski definition) is 0. The first-order valence-corrected chi connectivity index (χ1v) is 7.81. The number of carbonyl (C=O) groups excluding carboxylic acids is 2. The van der Waals surface area contributed by atoms with Crippen LogP contribution >= 0.6 is 0 Å².